The average Bonchev–Trinajstić information content (AvgIpc) is 2.66. The van der Waals surface area contributed by atoms with Crippen LogP contribution in [0.2, 0.25) is 0 Å². The van der Waals surface area contributed by atoms with Crippen molar-refractivity contribution < 1.29 is 19.1 Å². The lowest BCUT2D eigenvalue weighted by atomic mass is 9.87. The standard InChI is InChI=1S/C23H28N2O4/c1-15-6-8-17(9-7-15)22(28)24-14-20(26)29-16(2)21(27)25-19-12-10-18(11-13-19)23(3,4)5/h6-13,16H,14H2,1-5H3,(H,24,28)(H,25,27). The van der Waals surface area contributed by atoms with Crippen LogP contribution in [0.15, 0.2) is 48.5 Å². The summed E-state index contributed by atoms with van der Waals surface area (Å²) in [7, 11) is 0. The first kappa shape index (κ1) is 22.1. The van der Waals surface area contributed by atoms with E-state index < -0.39 is 18.0 Å². The van der Waals surface area contributed by atoms with Gasteiger partial charge in [0, 0.05) is 11.3 Å². The summed E-state index contributed by atoms with van der Waals surface area (Å²) in [6, 6.07) is 14.5. The van der Waals surface area contributed by atoms with Gasteiger partial charge in [0.05, 0.1) is 0 Å². The number of benzene rings is 2. The number of ether oxygens (including phenoxy) is 1. The van der Waals surface area contributed by atoms with Gasteiger partial charge >= 0.3 is 5.97 Å². The van der Waals surface area contributed by atoms with E-state index in [-0.39, 0.29) is 17.9 Å². The van der Waals surface area contributed by atoms with Gasteiger partial charge in [0.15, 0.2) is 6.10 Å². The Labute approximate surface area is 171 Å². The van der Waals surface area contributed by atoms with E-state index in [1.165, 1.54) is 6.92 Å². The molecule has 2 aromatic carbocycles. The Kier molecular flexibility index (Phi) is 7.15. The number of esters is 1. The number of hydrogen-bond acceptors (Lipinski definition) is 4. The zero-order chi connectivity index (χ0) is 21.6. The molecule has 6 nitrogen and oxygen atoms in total. The molecule has 2 rings (SSSR count). The summed E-state index contributed by atoms with van der Waals surface area (Å²) >= 11 is 0. The smallest absolute Gasteiger partial charge is 0.326 e. The summed E-state index contributed by atoms with van der Waals surface area (Å²) in [5.41, 5.74) is 3.29. The minimum Gasteiger partial charge on any atom is -0.451 e. The quantitative estimate of drug-likeness (QED) is 0.731. The molecule has 1 unspecified atom stereocenters. The molecule has 0 radical (unpaired) electrons. The number of nitrogens with one attached hydrogen (secondary N) is 2. The summed E-state index contributed by atoms with van der Waals surface area (Å²) in [4.78, 5) is 36.2. The van der Waals surface area contributed by atoms with Crippen molar-refractivity contribution in [2.75, 3.05) is 11.9 Å². The zero-order valence-electron chi connectivity index (χ0n) is 17.5. The Morgan fingerprint density at radius 2 is 1.55 bits per heavy atom. The van der Waals surface area contributed by atoms with E-state index >= 15 is 0 Å². The summed E-state index contributed by atoms with van der Waals surface area (Å²) in [6.07, 6.45) is -0.985. The molecule has 0 aliphatic rings. The summed E-state index contributed by atoms with van der Waals surface area (Å²) in [5, 5.41) is 5.21. The molecule has 0 saturated heterocycles. The van der Waals surface area contributed by atoms with E-state index in [1.54, 1.807) is 12.1 Å². The van der Waals surface area contributed by atoms with Gasteiger partial charge in [0.2, 0.25) is 0 Å². The summed E-state index contributed by atoms with van der Waals surface area (Å²) in [5.74, 6) is -1.50. The van der Waals surface area contributed by atoms with Crippen molar-refractivity contribution in [1.29, 1.82) is 0 Å². The van der Waals surface area contributed by atoms with Gasteiger partial charge in [-0.05, 0) is 49.1 Å². The number of aryl methyl sites for hydroxylation is 1. The molecule has 0 aromatic heterocycles. The zero-order valence-corrected chi connectivity index (χ0v) is 17.5. The monoisotopic (exact) mass is 396 g/mol. The fourth-order valence-corrected chi connectivity index (χ4v) is 2.55. The van der Waals surface area contributed by atoms with Crippen LogP contribution in [0.5, 0.6) is 0 Å². The van der Waals surface area contributed by atoms with Crippen LogP contribution in [0, 0.1) is 6.92 Å². The maximum atomic E-state index is 12.2. The highest BCUT2D eigenvalue weighted by Crippen LogP contribution is 2.23. The van der Waals surface area contributed by atoms with E-state index in [0.717, 1.165) is 11.1 Å². The fourth-order valence-electron chi connectivity index (χ4n) is 2.55. The number of amides is 2. The first-order chi connectivity index (χ1) is 13.6. The number of carbonyl (C=O) groups excluding carboxylic acids is 3. The Morgan fingerprint density at radius 3 is 2.10 bits per heavy atom. The Bertz CT molecular complexity index is 865. The maximum Gasteiger partial charge on any atom is 0.326 e. The molecule has 0 saturated carbocycles. The molecule has 0 heterocycles. The Morgan fingerprint density at radius 1 is 0.966 bits per heavy atom. The van der Waals surface area contributed by atoms with E-state index in [1.807, 2.05) is 43.3 Å². The van der Waals surface area contributed by atoms with Crippen molar-refractivity contribution in [2.45, 2.75) is 46.1 Å². The van der Waals surface area contributed by atoms with E-state index in [0.29, 0.717) is 11.3 Å². The van der Waals surface area contributed by atoms with Crippen molar-refractivity contribution >= 4 is 23.5 Å². The van der Waals surface area contributed by atoms with Crippen LogP contribution in [-0.4, -0.2) is 30.4 Å². The lowest BCUT2D eigenvalue weighted by Gasteiger charge is -2.19. The molecule has 0 aliphatic heterocycles. The number of anilines is 1. The molecule has 1 atom stereocenters. The minimum atomic E-state index is -0.985. The number of rotatable bonds is 6. The molecule has 29 heavy (non-hydrogen) atoms. The molecular weight excluding hydrogens is 368 g/mol. The SMILES string of the molecule is Cc1ccc(C(=O)NCC(=O)OC(C)C(=O)Nc2ccc(C(C)(C)C)cc2)cc1. The lowest BCUT2D eigenvalue weighted by molar-refractivity contribution is -0.152. The number of carbonyl (C=O) groups is 3. The third-order valence-electron chi connectivity index (χ3n) is 4.40. The van der Waals surface area contributed by atoms with Crippen molar-refractivity contribution in [1.82, 2.24) is 5.32 Å². The molecule has 2 aromatic rings. The molecule has 0 bridgehead atoms. The fraction of sp³-hybridized carbons (Fsp3) is 0.348. The first-order valence-electron chi connectivity index (χ1n) is 9.52. The van der Waals surface area contributed by atoms with Gasteiger partial charge in [0.1, 0.15) is 6.54 Å². The topological polar surface area (TPSA) is 84.5 Å². The van der Waals surface area contributed by atoms with Gasteiger partial charge in [-0.25, -0.2) is 0 Å². The molecule has 0 aliphatic carbocycles. The predicted molar refractivity (Wildman–Crippen MR) is 113 cm³/mol. The second kappa shape index (κ2) is 9.37. The van der Waals surface area contributed by atoms with Gasteiger partial charge in [0.25, 0.3) is 11.8 Å². The van der Waals surface area contributed by atoms with Gasteiger partial charge in [-0.1, -0.05) is 50.6 Å². The van der Waals surface area contributed by atoms with Gasteiger partial charge in [-0.3, -0.25) is 14.4 Å². The molecule has 0 spiro atoms. The maximum absolute atomic E-state index is 12.2. The molecule has 154 valence electrons. The highest BCUT2D eigenvalue weighted by molar-refractivity contribution is 5.97. The largest absolute Gasteiger partial charge is 0.451 e. The molecule has 2 N–H and O–H groups in total. The summed E-state index contributed by atoms with van der Waals surface area (Å²) < 4.78 is 5.10. The minimum absolute atomic E-state index is 0.0222. The molecule has 0 fully saturated rings. The Balaban J connectivity index is 1.81. The highest BCUT2D eigenvalue weighted by Gasteiger charge is 2.19. The van der Waals surface area contributed by atoms with Gasteiger partial charge < -0.3 is 15.4 Å². The van der Waals surface area contributed by atoms with Crippen molar-refractivity contribution in [3.8, 4) is 0 Å². The molecular formula is C23H28N2O4. The average molecular weight is 396 g/mol. The van der Waals surface area contributed by atoms with Crippen LogP contribution in [-0.2, 0) is 19.7 Å². The number of hydrogen-bond donors (Lipinski definition) is 2. The third kappa shape index (κ3) is 6.75. The highest BCUT2D eigenvalue weighted by atomic mass is 16.5. The van der Waals surface area contributed by atoms with Gasteiger partial charge in [-0.15, -0.1) is 0 Å². The van der Waals surface area contributed by atoms with Crippen LogP contribution >= 0.6 is 0 Å². The van der Waals surface area contributed by atoms with E-state index in [4.69, 9.17) is 4.74 Å². The second-order valence-corrected chi connectivity index (χ2v) is 8.00. The first-order valence-corrected chi connectivity index (χ1v) is 9.52. The van der Waals surface area contributed by atoms with Crippen molar-refractivity contribution in [3.63, 3.8) is 0 Å². The Hall–Kier alpha value is -3.15. The second-order valence-electron chi connectivity index (χ2n) is 8.00. The van der Waals surface area contributed by atoms with Gasteiger partial charge in [-0.2, -0.15) is 0 Å². The van der Waals surface area contributed by atoms with E-state index in [2.05, 4.69) is 31.4 Å². The van der Waals surface area contributed by atoms with Crippen LogP contribution in [0.1, 0.15) is 49.2 Å². The summed E-state index contributed by atoms with van der Waals surface area (Å²) in [6.45, 7) is 9.42. The third-order valence-corrected chi connectivity index (χ3v) is 4.40. The molecule has 6 heteroatoms. The predicted octanol–water partition coefficient (Wildman–Crippen LogP) is 3.59. The van der Waals surface area contributed by atoms with Crippen LogP contribution in [0.4, 0.5) is 5.69 Å². The lowest BCUT2D eigenvalue weighted by Crippen LogP contribution is -2.35. The van der Waals surface area contributed by atoms with Crippen molar-refractivity contribution in [2.24, 2.45) is 0 Å². The van der Waals surface area contributed by atoms with E-state index in [9.17, 15) is 14.4 Å². The normalized spacial score (nSPS) is 12.0. The molecule has 2 amide bonds. The van der Waals surface area contributed by atoms with Crippen LogP contribution in [0.25, 0.3) is 0 Å². The van der Waals surface area contributed by atoms with Crippen molar-refractivity contribution in [3.05, 3.63) is 65.2 Å². The van der Waals surface area contributed by atoms with Crippen LogP contribution in [0.3, 0.4) is 0 Å². The van der Waals surface area contributed by atoms with Crippen LogP contribution < -0.4 is 10.6 Å².